The van der Waals surface area contributed by atoms with Crippen LogP contribution in [0.15, 0.2) is 115 Å². The Bertz CT molecular complexity index is 2180. The van der Waals surface area contributed by atoms with E-state index in [2.05, 4.69) is 98.8 Å². The first-order valence-corrected chi connectivity index (χ1v) is 17.1. The first-order chi connectivity index (χ1) is 22.6. The van der Waals surface area contributed by atoms with Gasteiger partial charge in [0.2, 0.25) is 0 Å². The maximum absolute atomic E-state index is 4.97. The summed E-state index contributed by atoms with van der Waals surface area (Å²) in [6, 6.07) is 40.0. The molecular weight excluding hydrogens is 603 g/mol. The summed E-state index contributed by atoms with van der Waals surface area (Å²) in [6.45, 7) is 4.29. The largest absolute Gasteiger partial charge is 0.241 e. The van der Waals surface area contributed by atoms with Crippen LogP contribution in [0.4, 0.5) is 0 Å². The molecule has 0 atom stereocenters. The molecule has 0 saturated heterocycles. The summed E-state index contributed by atoms with van der Waals surface area (Å²) >= 11 is 3.53. The van der Waals surface area contributed by atoms with E-state index in [0.29, 0.717) is 17.5 Å². The van der Waals surface area contributed by atoms with Gasteiger partial charge in [-0.15, -0.1) is 22.7 Å². The molecule has 222 valence electrons. The Balaban J connectivity index is 1.14. The molecule has 0 bridgehead atoms. The Morgan fingerprint density at radius 3 is 1.17 bits per heavy atom. The van der Waals surface area contributed by atoms with E-state index < -0.39 is 0 Å². The monoisotopic (exact) mass is 631 g/mol. The Hall–Kier alpha value is -5.11. The minimum atomic E-state index is 0.646. The molecule has 5 nitrogen and oxygen atoms in total. The van der Waals surface area contributed by atoms with Crippen LogP contribution < -0.4 is 0 Å². The molecule has 3 heterocycles. The second kappa shape index (κ2) is 12.0. The molecular formula is C39H29N5S2. The summed E-state index contributed by atoms with van der Waals surface area (Å²) in [4.78, 5) is 24.3. The average molecular weight is 632 g/mol. The van der Waals surface area contributed by atoms with E-state index in [4.69, 9.17) is 24.9 Å². The third kappa shape index (κ3) is 5.49. The lowest BCUT2D eigenvalue weighted by Gasteiger charge is -2.10. The smallest absolute Gasteiger partial charge is 0.164 e. The fourth-order valence-electron chi connectivity index (χ4n) is 5.58. The summed E-state index contributed by atoms with van der Waals surface area (Å²) < 4.78 is 2.43. The van der Waals surface area contributed by atoms with Crippen LogP contribution in [0, 0.1) is 0 Å². The second-order valence-electron chi connectivity index (χ2n) is 11.1. The van der Waals surface area contributed by atoms with Crippen LogP contribution in [0.3, 0.4) is 0 Å². The van der Waals surface area contributed by atoms with E-state index in [-0.39, 0.29) is 0 Å². The Labute approximate surface area is 275 Å². The van der Waals surface area contributed by atoms with Crippen molar-refractivity contribution in [3.8, 4) is 56.4 Å². The number of rotatable bonds is 7. The van der Waals surface area contributed by atoms with Crippen molar-refractivity contribution in [2.45, 2.75) is 26.7 Å². The van der Waals surface area contributed by atoms with E-state index in [1.807, 2.05) is 30.3 Å². The summed E-state index contributed by atoms with van der Waals surface area (Å²) in [5.74, 6) is 1.94. The molecule has 5 aromatic carbocycles. The van der Waals surface area contributed by atoms with Gasteiger partial charge in [-0.2, -0.15) is 0 Å². The Kier molecular flexibility index (Phi) is 7.40. The van der Waals surface area contributed by atoms with Crippen LogP contribution in [0.25, 0.3) is 76.9 Å². The zero-order chi connectivity index (χ0) is 31.0. The van der Waals surface area contributed by atoms with Crippen LogP contribution in [0.1, 0.15) is 23.9 Å². The van der Waals surface area contributed by atoms with E-state index in [1.165, 1.54) is 30.5 Å². The molecule has 0 aliphatic heterocycles. The van der Waals surface area contributed by atoms with Gasteiger partial charge >= 0.3 is 0 Å². The van der Waals surface area contributed by atoms with E-state index in [1.54, 1.807) is 22.7 Å². The highest BCUT2D eigenvalue weighted by molar-refractivity contribution is 7.18. The van der Waals surface area contributed by atoms with Crippen LogP contribution in [0.5, 0.6) is 0 Å². The lowest BCUT2D eigenvalue weighted by atomic mass is 10.0. The topological polar surface area (TPSA) is 64.5 Å². The molecule has 0 spiro atoms. The molecule has 0 saturated carbocycles. The lowest BCUT2D eigenvalue weighted by molar-refractivity contribution is 1.07. The van der Waals surface area contributed by atoms with Gasteiger partial charge in [0, 0.05) is 16.7 Å². The fourth-order valence-corrected chi connectivity index (χ4v) is 7.47. The molecule has 0 fully saturated rings. The molecule has 46 heavy (non-hydrogen) atoms. The van der Waals surface area contributed by atoms with Crippen molar-refractivity contribution < 1.29 is 0 Å². The number of hydrogen-bond donors (Lipinski definition) is 0. The predicted molar refractivity (Wildman–Crippen MR) is 192 cm³/mol. The quantitative estimate of drug-likeness (QED) is 0.175. The van der Waals surface area contributed by atoms with Crippen molar-refractivity contribution in [3.63, 3.8) is 0 Å². The van der Waals surface area contributed by atoms with Gasteiger partial charge in [0.15, 0.2) is 17.5 Å². The maximum Gasteiger partial charge on any atom is 0.164 e. The number of benzene rings is 5. The zero-order valence-corrected chi connectivity index (χ0v) is 27.1. The lowest BCUT2D eigenvalue weighted by Crippen LogP contribution is -2.00. The third-order valence-electron chi connectivity index (χ3n) is 8.09. The van der Waals surface area contributed by atoms with Gasteiger partial charge in [0.1, 0.15) is 0 Å². The Morgan fingerprint density at radius 1 is 0.391 bits per heavy atom. The van der Waals surface area contributed by atoms with E-state index in [9.17, 15) is 0 Å². The van der Waals surface area contributed by atoms with Gasteiger partial charge in [-0.3, -0.25) is 0 Å². The molecule has 7 heteroatoms. The number of nitrogens with zero attached hydrogens (tertiary/aromatic N) is 5. The summed E-state index contributed by atoms with van der Waals surface area (Å²) in [5.41, 5.74) is 9.60. The number of hydrogen-bond acceptors (Lipinski definition) is 7. The van der Waals surface area contributed by atoms with Crippen molar-refractivity contribution in [2.75, 3.05) is 0 Å². The highest BCUT2D eigenvalue weighted by atomic mass is 32.1. The average Bonchev–Trinajstić information content (AvgIpc) is 3.75. The number of thiazole rings is 2. The molecule has 0 aliphatic rings. The highest BCUT2D eigenvalue weighted by Gasteiger charge is 2.14. The van der Waals surface area contributed by atoms with Crippen LogP contribution in [0.2, 0.25) is 0 Å². The van der Waals surface area contributed by atoms with Crippen molar-refractivity contribution in [1.29, 1.82) is 0 Å². The van der Waals surface area contributed by atoms with Crippen molar-refractivity contribution in [3.05, 3.63) is 125 Å². The maximum atomic E-state index is 4.97. The van der Waals surface area contributed by atoms with Crippen molar-refractivity contribution >= 4 is 43.1 Å². The standard InChI is InChI=1S/C39H29N5S2/c1-3-35-40-31-20-18-29(22-33(31)45-35)24-10-14-27(15-11-24)38-42-37(26-8-6-5-7-9-26)43-39(44-38)28-16-12-25(13-17-28)30-19-21-32-34(23-30)46-36(4-2)41-32/h5-23H,3-4H2,1-2H3. The summed E-state index contributed by atoms with van der Waals surface area (Å²) in [7, 11) is 0. The molecule has 8 aromatic rings. The van der Waals surface area contributed by atoms with Crippen LogP contribution in [-0.4, -0.2) is 24.9 Å². The fraction of sp³-hybridized carbons (Fsp3) is 0.103. The van der Waals surface area contributed by atoms with Gasteiger partial charge in [-0.05, 0) is 59.4 Å². The summed E-state index contributed by atoms with van der Waals surface area (Å²) in [5, 5.41) is 2.33. The highest BCUT2D eigenvalue weighted by Crippen LogP contribution is 2.32. The number of aryl methyl sites for hydroxylation is 2. The Morgan fingerprint density at radius 2 is 0.761 bits per heavy atom. The predicted octanol–water partition coefficient (Wildman–Crippen LogP) is 10.6. The second-order valence-corrected chi connectivity index (χ2v) is 13.3. The molecule has 0 aliphatic carbocycles. The van der Waals surface area contributed by atoms with Gasteiger partial charge in [0.05, 0.1) is 30.4 Å². The van der Waals surface area contributed by atoms with Crippen LogP contribution >= 0.6 is 22.7 Å². The summed E-state index contributed by atoms with van der Waals surface area (Å²) in [6.07, 6.45) is 1.91. The van der Waals surface area contributed by atoms with E-state index >= 15 is 0 Å². The molecule has 0 unspecified atom stereocenters. The molecule has 8 rings (SSSR count). The minimum Gasteiger partial charge on any atom is -0.241 e. The zero-order valence-electron chi connectivity index (χ0n) is 25.4. The van der Waals surface area contributed by atoms with Crippen molar-refractivity contribution in [2.24, 2.45) is 0 Å². The van der Waals surface area contributed by atoms with Crippen molar-refractivity contribution in [1.82, 2.24) is 24.9 Å². The number of fused-ring (bicyclic) bond motifs is 2. The molecule has 0 N–H and O–H groups in total. The van der Waals surface area contributed by atoms with Gasteiger partial charge in [0.25, 0.3) is 0 Å². The van der Waals surface area contributed by atoms with Gasteiger partial charge < -0.3 is 0 Å². The first kappa shape index (κ1) is 28.4. The first-order valence-electron chi connectivity index (χ1n) is 15.5. The SMILES string of the molecule is CCc1nc2ccc(-c3ccc(-c4nc(-c5ccccc5)nc(-c5ccc(-c6ccc7nc(CC)sc7c6)cc5)n4)cc3)cc2s1. The minimum absolute atomic E-state index is 0.646. The number of aromatic nitrogens is 5. The molecule has 0 radical (unpaired) electrons. The normalized spacial score (nSPS) is 11.4. The van der Waals surface area contributed by atoms with Crippen LogP contribution in [-0.2, 0) is 12.8 Å². The van der Waals surface area contributed by atoms with Gasteiger partial charge in [-0.25, -0.2) is 24.9 Å². The molecule has 3 aromatic heterocycles. The van der Waals surface area contributed by atoms with Gasteiger partial charge in [-0.1, -0.05) is 105 Å². The van der Waals surface area contributed by atoms with E-state index in [0.717, 1.165) is 51.7 Å². The third-order valence-corrected chi connectivity index (χ3v) is 10.4. The molecule has 0 amide bonds.